The Morgan fingerprint density at radius 3 is 2.09 bits per heavy atom. The lowest BCUT2D eigenvalue weighted by atomic mass is 9.83. The van der Waals surface area contributed by atoms with E-state index in [-0.39, 0.29) is 18.2 Å². The van der Waals surface area contributed by atoms with E-state index in [9.17, 15) is 4.79 Å². The number of nitrogens with two attached hydrogens (primary N) is 1. The fourth-order valence-corrected chi connectivity index (χ4v) is 2.54. The van der Waals surface area contributed by atoms with Gasteiger partial charge in [-0.05, 0) is 65.7 Å². The second kappa shape index (κ2) is 9.66. The maximum absolute atomic E-state index is 11.6. The van der Waals surface area contributed by atoms with Crippen molar-refractivity contribution in [3.8, 4) is 0 Å². The van der Waals surface area contributed by atoms with Gasteiger partial charge in [-0.2, -0.15) is 0 Å². The second-order valence-corrected chi connectivity index (χ2v) is 7.10. The van der Waals surface area contributed by atoms with Crippen molar-refractivity contribution in [1.29, 1.82) is 0 Å². The van der Waals surface area contributed by atoms with Crippen LogP contribution in [0.15, 0.2) is 0 Å². The zero-order valence-corrected chi connectivity index (χ0v) is 14.5. The molecule has 1 fully saturated rings. The third kappa shape index (κ3) is 12.4. The van der Waals surface area contributed by atoms with Crippen molar-refractivity contribution in [3.63, 3.8) is 0 Å². The van der Waals surface area contributed by atoms with E-state index < -0.39 is 11.6 Å². The molecule has 0 saturated heterocycles. The van der Waals surface area contributed by atoms with Crippen LogP contribution in [0.4, 0.5) is 4.79 Å². The summed E-state index contributed by atoms with van der Waals surface area (Å²) in [6, 6.07) is 0.551. The van der Waals surface area contributed by atoms with Crippen LogP contribution >= 0.6 is 0 Å². The van der Waals surface area contributed by atoms with Crippen molar-refractivity contribution in [3.05, 3.63) is 0 Å². The van der Waals surface area contributed by atoms with Gasteiger partial charge in [0.25, 0.3) is 5.97 Å². The second-order valence-electron chi connectivity index (χ2n) is 7.10. The first-order valence-electron chi connectivity index (χ1n) is 7.94. The fourth-order valence-electron chi connectivity index (χ4n) is 2.54. The minimum Gasteiger partial charge on any atom is -0.481 e. The van der Waals surface area contributed by atoms with Crippen LogP contribution in [0.5, 0.6) is 0 Å². The normalized spacial score (nSPS) is 22.8. The molecule has 1 saturated carbocycles. The van der Waals surface area contributed by atoms with Gasteiger partial charge in [-0.25, -0.2) is 4.79 Å². The van der Waals surface area contributed by atoms with E-state index >= 15 is 0 Å². The Morgan fingerprint density at radius 2 is 1.73 bits per heavy atom. The Kier molecular flexibility index (Phi) is 9.09. The van der Waals surface area contributed by atoms with Crippen LogP contribution in [-0.2, 0) is 9.53 Å². The van der Waals surface area contributed by atoms with Crippen molar-refractivity contribution in [2.75, 3.05) is 0 Å². The standard InChI is InChI=1S/C14H28N2O2.C2H4O2/c1-10(15)9-11-5-7-12(8-6-11)16-13(17)18-14(2,3)4;1-2(3)4/h10-12H,5-9,15H2,1-4H3,(H,16,17);1H3,(H,3,4)/t10-,11-,12-;/m0./s1. The highest BCUT2D eigenvalue weighted by Gasteiger charge is 2.24. The number of hydrogen-bond acceptors (Lipinski definition) is 4. The molecule has 0 bridgehead atoms. The summed E-state index contributed by atoms with van der Waals surface area (Å²) in [5, 5.41) is 10.4. The van der Waals surface area contributed by atoms with Crippen LogP contribution in [0.1, 0.15) is 66.7 Å². The van der Waals surface area contributed by atoms with Crippen molar-refractivity contribution in [2.24, 2.45) is 11.7 Å². The van der Waals surface area contributed by atoms with E-state index in [4.69, 9.17) is 20.4 Å². The SMILES string of the molecule is CC(=O)O.C[C@H](N)C[C@H]1CC[C@H](NC(=O)OC(C)(C)C)CC1. The Bertz CT molecular complexity index is 339. The monoisotopic (exact) mass is 316 g/mol. The first kappa shape index (κ1) is 20.7. The first-order valence-corrected chi connectivity index (χ1v) is 7.94. The molecule has 6 heteroatoms. The van der Waals surface area contributed by atoms with E-state index in [0.29, 0.717) is 0 Å². The molecule has 0 aromatic carbocycles. The molecule has 1 aliphatic rings. The molecule has 6 nitrogen and oxygen atoms in total. The number of carbonyl (C=O) groups excluding carboxylic acids is 1. The molecule has 130 valence electrons. The smallest absolute Gasteiger partial charge is 0.407 e. The lowest BCUT2D eigenvalue weighted by molar-refractivity contribution is -0.134. The Hall–Kier alpha value is -1.30. The van der Waals surface area contributed by atoms with Crippen LogP contribution in [0.25, 0.3) is 0 Å². The number of carboxylic acids is 1. The van der Waals surface area contributed by atoms with Gasteiger partial charge in [-0.15, -0.1) is 0 Å². The van der Waals surface area contributed by atoms with Crippen molar-refractivity contribution >= 4 is 12.1 Å². The summed E-state index contributed by atoms with van der Waals surface area (Å²) in [5.74, 6) is -0.110. The minimum absolute atomic E-state index is 0.268. The molecule has 0 aromatic heterocycles. The van der Waals surface area contributed by atoms with Crippen molar-refractivity contribution < 1.29 is 19.4 Å². The topological polar surface area (TPSA) is 102 Å². The molecule has 0 heterocycles. The molecule has 1 amide bonds. The van der Waals surface area contributed by atoms with Gasteiger partial charge in [0.2, 0.25) is 0 Å². The van der Waals surface area contributed by atoms with Crippen LogP contribution in [0, 0.1) is 5.92 Å². The van der Waals surface area contributed by atoms with Gasteiger partial charge >= 0.3 is 6.09 Å². The quantitative estimate of drug-likeness (QED) is 0.743. The summed E-state index contributed by atoms with van der Waals surface area (Å²) in [6.45, 7) is 8.79. The summed E-state index contributed by atoms with van der Waals surface area (Å²) in [7, 11) is 0. The van der Waals surface area contributed by atoms with E-state index in [1.165, 1.54) is 0 Å². The van der Waals surface area contributed by atoms with E-state index in [0.717, 1.165) is 44.9 Å². The lowest BCUT2D eigenvalue weighted by Gasteiger charge is -2.30. The first-order chi connectivity index (χ1) is 9.99. The molecule has 22 heavy (non-hydrogen) atoms. The molecular formula is C16H32N2O4. The minimum atomic E-state index is -0.833. The van der Waals surface area contributed by atoms with Crippen molar-refractivity contribution in [2.45, 2.75) is 84.4 Å². The number of amides is 1. The highest BCUT2D eigenvalue weighted by Crippen LogP contribution is 2.27. The van der Waals surface area contributed by atoms with Crippen molar-refractivity contribution in [1.82, 2.24) is 5.32 Å². The molecule has 1 rings (SSSR count). The molecule has 1 atom stereocenters. The van der Waals surface area contributed by atoms with Gasteiger partial charge in [0, 0.05) is 19.0 Å². The number of nitrogens with one attached hydrogen (secondary N) is 1. The number of carbonyl (C=O) groups is 2. The van der Waals surface area contributed by atoms with Gasteiger partial charge in [0.1, 0.15) is 5.60 Å². The van der Waals surface area contributed by atoms with Gasteiger partial charge in [0.05, 0.1) is 0 Å². The average molecular weight is 316 g/mol. The molecule has 1 aliphatic carbocycles. The maximum atomic E-state index is 11.6. The third-order valence-electron chi connectivity index (χ3n) is 3.27. The van der Waals surface area contributed by atoms with Gasteiger partial charge in [-0.1, -0.05) is 0 Å². The summed E-state index contributed by atoms with van der Waals surface area (Å²) < 4.78 is 5.26. The van der Waals surface area contributed by atoms with Gasteiger partial charge < -0.3 is 20.9 Å². The lowest BCUT2D eigenvalue weighted by Crippen LogP contribution is -2.41. The molecule has 4 N–H and O–H groups in total. The van der Waals surface area contributed by atoms with Crippen LogP contribution in [-0.4, -0.2) is 34.9 Å². The predicted octanol–water partition coefficient (Wildman–Crippen LogP) is 2.90. The van der Waals surface area contributed by atoms with Crippen LogP contribution in [0.2, 0.25) is 0 Å². The number of hydrogen-bond donors (Lipinski definition) is 3. The summed E-state index contributed by atoms with van der Waals surface area (Å²) in [5.41, 5.74) is 5.40. The third-order valence-corrected chi connectivity index (χ3v) is 3.27. The van der Waals surface area contributed by atoms with Gasteiger partial charge in [-0.3, -0.25) is 4.79 Å². The maximum Gasteiger partial charge on any atom is 0.407 e. The molecule has 0 aliphatic heterocycles. The summed E-state index contributed by atoms with van der Waals surface area (Å²) >= 11 is 0. The van der Waals surface area contributed by atoms with E-state index in [1.54, 1.807) is 0 Å². The summed E-state index contributed by atoms with van der Waals surface area (Å²) in [4.78, 5) is 20.6. The number of carboxylic acid groups (broad SMARTS) is 1. The molecule has 0 unspecified atom stereocenters. The Balaban J connectivity index is 0.000000980. The predicted molar refractivity (Wildman–Crippen MR) is 86.7 cm³/mol. The number of alkyl carbamates (subject to hydrolysis) is 1. The highest BCUT2D eigenvalue weighted by atomic mass is 16.6. The zero-order valence-electron chi connectivity index (χ0n) is 14.5. The zero-order chi connectivity index (χ0) is 17.3. The van der Waals surface area contributed by atoms with Gasteiger partial charge in [0.15, 0.2) is 0 Å². The largest absolute Gasteiger partial charge is 0.481 e. The van der Waals surface area contributed by atoms with E-state index in [2.05, 4.69) is 12.2 Å². The Labute approximate surface area is 133 Å². The number of ether oxygens (including phenoxy) is 1. The summed E-state index contributed by atoms with van der Waals surface area (Å²) in [6.07, 6.45) is 5.19. The molecule has 0 radical (unpaired) electrons. The molecular weight excluding hydrogens is 284 g/mol. The van der Waals surface area contributed by atoms with E-state index in [1.807, 2.05) is 20.8 Å². The fraction of sp³-hybridized carbons (Fsp3) is 0.875. The van der Waals surface area contributed by atoms with Crippen LogP contribution in [0.3, 0.4) is 0 Å². The number of aliphatic carboxylic acids is 1. The molecule has 0 aromatic rings. The molecule has 0 spiro atoms. The number of rotatable bonds is 3. The highest BCUT2D eigenvalue weighted by molar-refractivity contribution is 5.68. The Morgan fingerprint density at radius 1 is 1.27 bits per heavy atom. The van der Waals surface area contributed by atoms with Crippen LogP contribution < -0.4 is 11.1 Å². The average Bonchev–Trinajstić information content (AvgIpc) is 2.27.